The highest BCUT2D eigenvalue weighted by atomic mass is 32.2. The van der Waals surface area contributed by atoms with E-state index < -0.39 is 22.7 Å². The van der Waals surface area contributed by atoms with E-state index in [0.717, 1.165) is 16.7 Å². The molecule has 24 heavy (non-hydrogen) atoms. The molecule has 5 nitrogen and oxygen atoms in total. The van der Waals surface area contributed by atoms with Crippen molar-refractivity contribution >= 4 is 10.0 Å². The van der Waals surface area contributed by atoms with Crippen molar-refractivity contribution in [2.45, 2.75) is 70.3 Å². The van der Waals surface area contributed by atoms with E-state index in [1.165, 1.54) is 0 Å². The molecule has 1 aromatic carbocycles. The molecule has 0 amide bonds. The molecular formula is C18H31NO4S. The Balaban J connectivity index is 3.53. The average molecular weight is 358 g/mol. The van der Waals surface area contributed by atoms with E-state index in [1.54, 1.807) is 0 Å². The number of nitrogens with one attached hydrogen (secondary N) is 1. The van der Waals surface area contributed by atoms with E-state index in [2.05, 4.69) is 18.6 Å². The SMILES string of the molecule is CC(C)c1cc(C(C)C)c(S(=O)(=O)NC[C@H](O)CO)c(C(C)C)c1. The first kappa shape index (κ1) is 21.1. The highest BCUT2D eigenvalue weighted by Crippen LogP contribution is 2.34. The van der Waals surface area contributed by atoms with E-state index in [9.17, 15) is 13.5 Å². The number of aliphatic hydroxyl groups is 2. The minimum absolute atomic E-state index is 0.0514. The Morgan fingerprint density at radius 3 is 1.75 bits per heavy atom. The second-order valence-corrected chi connectivity index (χ2v) is 8.88. The summed E-state index contributed by atoms with van der Waals surface area (Å²) in [6.45, 7) is 11.4. The Morgan fingerprint density at radius 1 is 0.958 bits per heavy atom. The van der Waals surface area contributed by atoms with Crippen LogP contribution in [0.2, 0.25) is 0 Å². The highest BCUT2D eigenvalue weighted by molar-refractivity contribution is 7.89. The van der Waals surface area contributed by atoms with Gasteiger partial charge in [-0.15, -0.1) is 0 Å². The number of hydrogen-bond acceptors (Lipinski definition) is 4. The standard InChI is InChI=1S/C18H31NO4S/c1-11(2)14-7-16(12(3)4)18(17(8-14)13(5)6)24(22,23)19-9-15(21)10-20/h7-8,11-13,15,19-21H,9-10H2,1-6H3/t15-/m0/s1. The molecule has 0 bridgehead atoms. The first-order valence-electron chi connectivity index (χ1n) is 8.47. The number of rotatable bonds is 8. The van der Waals surface area contributed by atoms with Gasteiger partial charge in [0.1, 0.15) is 0 Å². The van der Waals surface area contributed by atoms with Crippen LogP contribution in [0.1, 0.15) is 76.0 Å². The number of hydrogen-bond donors (Lipinski definition) is 3. The summed E-state index contributed by atoms with van der Waals surface area (Å²) in [5, 5.41) is 18.4. The predicted molar refractivity (Wildman–Crippen MR) is 97.0 cm³/mol. The lowest BCUT2D eigenvalue weighted by Crippen LogP contribution is -2.35. The van der Waals surface area contributed by atoms with Gasteiger partial charge in [-0.25, -0.2) is 13.1 Å². The summed E-state index contributed by atoms with van der Waals surface area (Å²) in [4.78, 5) is 0.307. The van der Waals surface area contributed by atoms with Crippen LogP contribution in [0.5, 0.6) is 0 Å². The van der Waals surface area contributed by atoms with Gasteiger partial charge in [0.2, 0.25) is 10.0 Å². The van der Waals surface area contributed by atoms with Crippen LogP contribution in [-0.2, 0) is 10.0 Å². The van der Waals surface area contributed by atoms with Gasteiger partial charge in [0.15, 0.2) is 0 Å². The summed E-state index contributed by atoms with van der Waals surface area (Å²) in [6.07, 6.45) is -1.11. The quantitative estimate of drug-likeness (QED) is 0.667. The Kier molecular flexibility index (Phi) is 7.41. The molecule has 0 heterocycles. The monoisotopic (exact) mass is 357 g/mol. The molecule has 0 saturated heterocycles. The maximum atomic E-state index is 12.9. The maximum absolute atomic E-state index is 12.9. The van der Waals surface area contributed by atoms with E-state index in [0.29, 0.717) is 10.8 Å². The van der Waals surface area contributed by atoms with Gasteiger partial charge in [0, 0.05) is 6.54 Å². The largest absolute Gasteiger partial charge is 0.394 e. The van der Waals surface area contributed by atoms with Gasteiger partial charge in [0.05, 0.1) is 17.6 Å². The van der Waals surface area contributed by atoms with Crippen LogP contribution < -0.4 is 4.72 Å². The van der Waals surface area contributed by atoms with Crippen molar-refractivity contribution in [2.75, 3.05) is 13.2 Å². The molecular weight excluding hydrogens is 326 g/mol. The van der Waals surface area contributed by atoms with Gasteiger partial charge < -0.3 is 10.2 Å². The summed E-state index contributed by atoms with van der Waals surface area (Å²) < 4.78 is 28.2. The highest BCUT2D eigenvalue weighted by Gasteiger charge is 2.27. The van der Waals surface area contributed by atoms with Crippen molar-refractivity contribution in [3.8, 4) is 0 Å². The van der Waals surface area contributed by atoms with Gasteiger partial charge in [-0.1, -0.05) is 53.7 Å². The molecule has 0 aliphatic carbocycles. The van der Waals surface area contributed by atoms with Gasteiger partial charge in [-0.2, -0.15) is 0 Å². The maximum Gasteiger partial charge on any atom is 0.241 e. The third kappa shape index (κ3) is 5.02. The fourth-order valence-electron chi connectivity index (χ4n) is 2.54. The zero-order valence-electron chi connectivity index (χ0n) is 15.5. The lowest BCUT2D eigenvalue weighted by atomic mass is 9.89. The lowest BCUT2D eigenvalue weighted by Gasteiger charge is -2.23. The predicted octanol–water partition coefficient (Wildman–Crippen LogP) is 2.69. The molecule has 0 aliphatic rings. The van der Waals surface area contributed by atoms with E-state index in [-0.39, 0.29) is 18.4 Å². The Bertz CT molecular complexity index is 622. The van der Waals surface area contributed by atoms with E-state index in [1.807, 2.05) is 39.8 Å². The third-order valence-electron chi connectivity index (χ3n) is 4.07. The molecule has 0 saturated carbocycles. The molecule has 6 heteroatoms. The van der Waals surface area contributed by atoms with Gasteiger partial charge in [-0.3, -0.25) is 0 Å². The minimum atomic E-state index is -3.78. The van der Waals surface area contributed by atoms with Crippen molar-refractivity contribution in [1.29, 1.82) is 0 Å². The molecule has 0 fully saturated rings. The van der Waals surface area contributed by atoms with Gasteiger partial charge in [-0.05, 0) is 34.4 Å². The van der Waals surface area contributed by atoms with Crippen LogP contribution >= 0.6 is 0 Å². The molecule has 1 aromatic rings. The molecule has 1 rings (SSSR count). The van der Waals surface area contributed by atoms with Gasteiger partial charge >= 0.3 is 0 Å². The fraction of sp³-hybridized carbons (Fsp3) is 0.667. The number of sulfonamides is 1. The average Bonchev–Trinajstić information content (AvgIpc) is 2.50. The van der Waals surface area contributed by atoms with Crippen LogP contribution in [0, 0.1) is 0 Å². The van der Waals surface area contributed by atoms with E-state index >= 15 is 0 Å². The van der Waals surface area contributed by atoms with Crippen LogP contribution in [0.3, 0.4) is 0 Å². The number of benzene rings is 1. The second kappa shape index (κ2) is 8.43. The molecule has 0 unspecified atom stereocenters. The summed E-state index contributed by atoms with van der Waals surface area (Å²) >= 11 is 0. The number of aliphatic hydroxyl groups excluding tert-OH is 2. The van der Waals surface area contributed by atoms with Crippen molar-refractivity contribution in [2.24, 2.45) is 0 Å². The topological polar surface area (TPSA) is 86.6 Å². The molecule has 3 N–H and O–H groups in total. The third-order valence-corrected chi connectivity index (χ3v) is 5.62. The molecule has 0 aliphatic heterocycles. The Morgan fingerprint density at radius 2 is 1.42 bits per heavy atom. The van der Waals surface area contributed by atoms with Crippen LogP contribution in [0.4, 0.5) is 0 Å². The molecule has 1 atom stereocenters. The van der Waals surface area contributed by atoms with Crippen LogP contribution in [0.25, 0.3) is 0 Å². The first-order chi connectivity index (χ1) is 11.0. The normalized spacial score (nSPS) is 14.0. The van der Waals surface area contributed by atoms with E-state index in [4.69, 9.17) is 5.11 Å². The molecule has 0 spiro atoms. The first-order valence-corrected chi connectivity index (χ1v) is 9.95. The second-order valence-electron chi connectivity index (χ2n) is 7.18. The molecule has 0 radical (unpaired) electrons. The van der Waals surface area contributed by atoms with Crippen molar-refractivity contribution in [3.05, 3.63) is 28.8 Å². The van der Waals surface area contributed by atoms with Crippen molar-refractivity contribution in [1.82, 2.24) is 4.72 Å². The zero-order chi connectivity index (χ0) is 18.7. The molecule has 138 valence electrons. The summed E-state index contributed by atoms with van der Waals surface area (Å²) in [5.41, 5.74) is 2.70. The van der Waals surface area contributed by atoms with Crippen LogP contribution in [-0.4, -0.2) is 37.9 Å². The van der Waals surface area contributed by atoms with Crippen molar-refractivity contribution < 1.29 is 18.6 Å². The summed E-state index contributed by atoms with van der Waals surface area (Å²) in [5.74, 6) is 0.409. The zero-order valence-corrected chi connectivity index (χ0v) is 16.3. The molecule has 0 aromatic heterocycles. The summed E-state index contributed by atoms with van der Waals surface area (Å²) in [6, 6.07) is 3.94. The van der Waals surface area contributed by atoms with Crippen LogP contribution in [0.15, 0.2) is 17.0 Å². The Labute approximate surface area is 146 Å². The fourth-order valence-corrected chi connectivity index (χ4v) is 4.31. The summed E-state index contributed by atoms with van der Waals surface area (Å²) in [7, 11) is -3.78. The lowest BCUT2D eigenvalue weighted by molar-refractivity contribution is 0.0988. The van der Waals surface area contributed by atoms with Crippen molar-refractivity contribution in [3.63, 3.8) is 0 Å². The minimum Gasteiger partial charge on any atom is -0.394 e. The van der Waals surface area contributed by atoms with Gasteiger partial charge in [0.25, 0.3) is 0 Å². The Hall–Kier alpha value is -0.950. The smallest absolute Gasteiger partial charge is 0.241 e.